The van der Waals surface area contributed by atoms with Crippen molar-refractivity contribution in [1.29, 1.82) is 5.41 Å². The van der Waals surface area contributed by atoms with Crippen molar-refractivity contribution in [3.05, 3.63) is 60.2 Å². The summed E-state index contributed by atoms with van der Waals surface area (Å²) >= 11 is 0. The van der Waals surface area contributed by atoms with Crippen molar-refractivity contribution in [2.45, 2.75) is 11.4 Å². The van der Waals surface area contributed by atoms with Crippen molar-refractivity contribution in [3.63, 3.8) is 0 Å². The minimum Gasteiger partial charge on any atom is -0.370 e. The lowest BCUT2D eigenvalue weighted by atomic mass is 10.2. The molecule has 0 aromatic heterocycles. The number of nitrogens with one attached hydrogen (secondary N) is 3. The number of hydrogen-bond donors (Lipinski definition) is 4. The number of nitrogens with two attached hydrogens (primary N) is 1. The second kappa shape index (κ2) is 6.38. The molecule has 0 radical (unpaired) electrons. The van der Waals surface area contributed by atoms with E-state index < -0.39 is 10.0 Å². The predicted octanol–water partition coefficient (Wildman–Crippen LogP) is 1.47. The lowest BCUT2D eigenvalue weighted by Crippen LogP contribution is -2.23. The van der Waals surface area contributed by atoms with Gasteiger partial charge < -0.3 is 11.1 Å². The molecule has 2 aromatic rings. The summed E-state index contributed by atoms with van der Waals surface area (Å²) in [6.07, 6.45) is 0. The summed E-state index contributed by atoms with van der Waals surface area (Å²) in [5.41, 5.74) is 6.71. The van der Waals surface area contributed by atoms with Gasteiger partial charge in [-0.05, 0) is 29.8 Å². The third-order valence-corrected chi connectivity index (χ3v) is 4.17. The number of hydrogen-bond acceptors (Lipinski definition) is 3. The Hall–Kier alpha value is -2.38. The molecule has 0 atom stereocenters. The number of anilines is 1. The Labute approximate surface area is 123 Å². The van der Waals surface area contributed by atoms with E-state index in [0.29, 0.717) is 5.69 Å². The van der Waals surface area contributed by atoms with E-state index in [1.54, 1.807) is 54.6 Å². The van der Waals surface area contributed by atoms with E-state index in [1.807, 2.05) is 0 Å². The van der Waals surface area contributed by atoms with Gasteiger partial charge in [0.1, 0.15) is 0 Å². The maximum Gasteiger partial charge on any atom is 0.240 e. The van der Waals surface area contributed by atoms with Crippen LogP contribution in [-0.2, 0) is 16.6 Å². The highest BCUT2D eigenvalue weighted by molar-refractivity contribution is 7.89. The van der Waals surface area contributed by atoms with E-state index in [-0.39, 0.29) is 17.4 Å². The highest BCUT2D eigenvalue weighted by Crippen LogP contribution is 2.11. The molecule has 0 aliphatic carbocycles. The highest BCUT2D eigenvalue weighted by atomic mass is 32.2. The summed E-state index contributed by atoms with van der Waals surface area (Å²) in [5, 5.41) is 9.77. The Morgan fingerprint density at radius 3 is 2.24 bits per heavy atom. The first-order valence-corrected chi connectivity index (χ1v) is 7.70. The summed E-state index contributed by atoms with van der Waals surface area (Å²) in [6.45, 7) is 0.192. The summed E-state index contributed by atoms with van der Waals surface area (Å²) in [6, 6.07) is 15.2. The molecular weight excluding hydrogens is 288 g/mol. The lowest BCUT2D eigenvalue weighted by molar-refractivity contribution is 0.581. The van der Waals surface area contributed by atoms with Crippen LogP contribution in [0.2, 0.25) is 0 Å². The average Bonchev–Trinajstić information content (AvgIpc) is 2.47. The van der Waals surface area contributed by atoms with Crippen molar-refractivity contribution in [2.75, 3.05) is 5.32 Å². The maximum absolute atomic E-state index is 12.0. The van der Waals surface area contributed by atoms with Gasteiger partial charge in [-0.15, -0.1) is 0 Å². The van der Waals surface area contributed by atoms with E-state index in [2.05, 4.69) is 10.0 Å². The summed E-state index contributed by atoms with van der Waals surface area (Å²) in [4.78, 5) is 0.236. The number of guanidine groups is 1. The molecule has 0 spiro atoms. The van der Waals surface area contributed by atoms with E-state index in [1.165, 1.54) is 0 Å². The zero-order chi connectivity index (χ0) is 15.3. The molecule has 5 N–H and O–H groups in total. The molecule has 0 saturated heterocycles. The van der Waals surface area contributed by atoms with Crippen LogP contribution in [0.1, 0.15) is 5.56 Å². The molecule has 0 fully saturated rings. The van der Waals surface area contributed by atoms with Gasteiger partial charge >= 0.3 is 0 Å². The van der Waals surface area contributed by atoms with Crippen LogP contribution in [0.4, 0.5) is 5.69 Å². The van der Waals surface area contributed by atoms with Gasteiger partial charge in [-0.1, -0.05) is 30.3 Å². The smallest absolute Gasteiger partial charge is 0.240 e. The first-order valence-electron chi connectivity index (χ1n) is 6.22. The van der Waals surface area contributed by atoms with Gasteiger partial charge in [-0.3, -0.25) is 5.41 Å². The number of rotatable bonds is 5. The molecule has 7 heteroatoms. The fourth-order valence-corrected chi connectivity index (χ4v) is 2.76. The summed E-state index contributed by atoms with van der Waals surface area (Å²) in [7, 11) is -3.51. The fourth-order valence-electron chi connectivity index (χ4n) is 1.72. The van der Waals surface area contributed by atoms with Crippen molar-refractivity contribution < 1.29 is 8.42 Å². The van der Waals surface area contributed by atoms with Crippen LogP contribution in [-0.4, -0.2) is 14.4 Å². The van der Waals surface area contributed by atoms with Crippen LogP contribution in [0.5, 0.6) is 0 Å². The topological polar surface area (TPSA) is 108 Å². The van der Waals surface area contributed by atoms with Crippen LogP contribution in [0.15, 0.2) is 59.5 Å². The van der Waals surface area contributed by atoms with Gasteiger partial charge in [-0.25, -0.2) is 13.1 Å². The molecule has 0 unspecified atom stereocenters. The Morgan fingerprint density at radius 2 is 1.67 bits per heavy atom. The van der Waals surface area contributed by atoms with Crippen LogP contribution in [0, 0.1) is 5.41 Å². The SMILES string of the molecule is N=C(N)Nc1ccc(CNS(=O)(=O)c2ccccc2)cc1. The second-order valence-corrected chi connectivity index (χ2v) is 6.14. The van der Waals surface area contributed by atoms with Crippen LogP contribution in [0.3, 0.4) is 0 Å². The minimum absolute atomic E-state index is 0.146. The molecule has 0 bridgehead atoms. The van der Waals surface area contributed by atoms with Crippen LogP contribution in [0.25, 0.3) is 0 Å². The Balaban J connectivity index is 2.01. The van der Waals surface area contributed by atoms with E-state index >= 15 is 0 Å². The maximum atomic E-state index is 12.0. The zero-order valence-corrected chi connectivity index (χ0v) is 12.0. The number of sulfonamides is 1. The van der Waals surface area contributed by atoms with E-state index in [9.17, 15) is 8.42 Å². The minimum atomic E-state index is -3.51. The van der Waals surface area contributed by atoms with Gasteiger partial charge in [0.15, 0.2) is 5.96 Å². The summed E-state index contributed by atoms with van der Waals surface area (Å²) in [5.74, 6) is -0.146. The molecule has 21 heavy (non-hydrogen) atoms. The standard InChI is InChI=1S/C14H16N4O2S/c15-14(16)18-12-8-6-11(7-9-12)10-17-21(19,20)13-4-2-1-3-5-13/h1-9,17H,10H2,(H4,15,16,18). The van der Waals surface area contributed by atoms with Gasteiger partial charge in [0.25, 0.3) is 0 Å². The quantitative estimate of drug-likeness (QED) is 0.495. The third kappa shape index (κ3) is 4.30. The zero-order valence-electron chi connectivity index (χ0n) is 11.2. The Morgan fingerprint density at radius 1 is 1.05 bits per heavy atom. The largest absolute Gasteiger partial charge is 0.370 e. The third-order valence-electron chi connectivity index (χ3n) is 2.75. The number of benzene rings is 2. The van der Waals surface area contributed by atoms with Gasteiger partial charge in [0, 0.05) is 12.2 Å². The summed E-state index contributed by atoms with van der Waals surface area (Å²) < 4.78 is 26.6. The van der Waals surface area contributed by atoms with Gasteiger partial charge in [-0.2, -0.15) is 0 Å². The normalized spacial score (nSPS) is 11.0. The molecule has 2 aromatic carbocycles. The van der Waals surface area contributed by atoms with Gasteiger partial charge in [0.2, 0.25) is 10.0 Å². The molecule has 2 rings (SSSR count). The predicted molar refractivity (Wildman–Crippen MR) is 82.4 cm³/mol. The monoisotopic (exact) mass is 304 g/mol. The Kier molecular flexibility index (Phi) is 4.56. The fraction of sp³-hybridized carbons (Fsp3) is 0.0714. The molecule has 0 aliphatic heterocycles. The lowest BCUT2D eigenvalue weighted by Gasteiger charge is -2.08. The molecule has 0 heterocycles. The average molecular weight is 304 g/mol. The van der Waals surface area contributed by atoms with Gasteiger partial charge in [0.05, 0.1) is 4.90 Å². The first-order chi connectivity index (χ1) is 9.97. The van der Waals surface area contributed by atoms with Crippen molar-refractivity contribution in [1.82, 2.24) is 4.72 Å². The van der Waals surface area contributed by atoms with Crippen molar-refractivity contribution >= 4 is 21.7 Å². The molecule has 0 amide bonds. The van der Waals surface area contributed by atoms with Crippen molar-refractivity contribution in [2.24, 2.45) is 5.73 Å². The second-order valence-electron chi connectivity index (χ2n) is 4.37. The molecular formula is C14H16N4O2S. The van der Waals surface area contributed by atoms with E-state index in [0.717, 1.165) is 5.56 Å². The molecule has 6 nitrogen and oxygen atoms in total. The van der Waals surface area contributed by atoms with Crippen LogP contribution < -0.4 is 15.8 Å². The highest BCUT2D eigenvalue weighted by Gasteiger charge is 2.12. The van der Waals surface area contributed by atoms with Crippen molar-refractivity contribution in [3.8, 4) is 0 Å². The Bertz CT molecular complexity index is 712. The molecule has 0 saturated carbocycles. The van der Waals surface area contributed by atoms with E-state index in [4.69, 9.17) is 11.1 Å². The molecule has 110 valence electrons. The molecule has 0 aliphatic rings. The van der Waals surface area contributed by atoms with Crippen LogP contribution >= 0.6 is 0 Å². The first kappa shape index (κ1) is 15.0.